The first-order valence-electron chi connectivity index (χ1n) is 22.0. The number of aliphatic hydroxyl groups is 2. The molecule has 5 amide bonds. The minimum Gasteiger partial charge on any atom is -0.438 e. The Bertz CT molecular complexity index is 2050. The van der Waals surface area contributed by atoms with Crippen molar-refractivity contribution in [2.45, 2.75) is 76.3 Å². The summed E-state index contributed by atoms with van der Waals surface area (Å²) in [7, 11) is 1.35. The first-order valence-corrected chi connectivity index (χ1v) is 22.0. The first-order chi connectivity index (χ1) is 32.6. The molecule has 3 rings (SSSR count). The van der Waals surface area contributed by atoms with E-state index in [4.69, 9.17) is 50.5 Å². The lowest BCUT2D eigenvalue weighted by Gasteiger charge is -2.26. The van der Waals surface area contributed by atoms with Crippen molar-refractivity contribution < 1.29 is 67.3 Å². The van der Waals surface area contributed by atoms with E-state index in [0.717, 1.165) is 14.0 Å². The van der Waals surface area contributed by atoms with Crippen molar-refractivity contribution in [1.82, 2.24) is 45.4 Å². The molecule has 1 aliphatic rings. The third kappa shape index (κ3) is 17.5. The third-order valence-electron chi connectivity index (χ3n) is 10.1. The van der Waals surface area contributed by atoms with E-state index in [1.807, 2.05) is 5.43 Å². The second-order valence-electron chi connectivity index (χ2n) is 15.6. The molecule has 13 N–H and O–H groups in total. The van der Waals surface area contributed by atoms with Gasteiger partial charge in [0.15, 0.2) is 23.5 Å². The van der Waals surface area contributed by atoms with Crippen LogP contribution in [0.2, 0.25) is 0 Å². The second-order valence-corrected chi connectivity index (χ2v) is 15.6. The maximum atomic E-state index is 13.6. The van der Waals surface area contributed by atoms with Gasteiger partial charge in [-0.25, -0.2) is 20.0 Å². The van der Waals surface area contributed by atoms with Gasteiger partial charge in [-0.1, -0.05) is 19.9 Å². The molecule has 0 saturated carbocycles. The number of allylic oxidation sites excluding steroid dienone is 1. The molecule has 0 radical (unpaired) electrons. The van der Waals surface area contributed by atoms with Crippen molar-refractivity contribution in [3.05, 3.63) is 33.5 Å². The Hall–Kier alpha value is -5.56. The largest absolute Gasteiger partial charge is 0.438 e. The summed E-state index contributed by atoms with van der Waals surface area (Å²) < 4.78 is 39.9. The highest BCUT2D eigenvalue weighted by molar-refractivity contribution is 5.92. The maximum Gasteiger partial charge on any atom is 0.410 e. The van der Waals surface area contributed by atoms with Crippen LogP contribution in [-0.2, 0) is 58.9 Å². The number of fused-ring (bicyclic) bond motifs is 1. The molecule has 3 unspecified atom stereocenters. The number of imidazole rings is 1. The number of likely N-dealkylation sites (N-methyl/N-ethyl adjacent to an activating group) is 1. The van der Waals surface area contributed by atoms with Crippen molar-refractivity contribution >= 4 is 46.8 Å². The van der Waals surface area contributed by atoms with Gasteiger partial charge >= 0.3 is 11.8 Å². The van der Waals surface area contributed by atoms with Crippen LogP contribution >= 0.6 is 0 Å². The zero-order chi connectivity index (χ0) is 50.2. The van der Waals surface area contributed by atoms with E-state index in [1.54, 1.807) is 13.8 Å². The van der Waals surface area contributed by atoms with Crippen molar-refractivity contribution in [1.29, 1.82) is 0 Å². The van der Waals surface area contributed by atoms with Gasteiger partial charge in [0.2, 0.25) is 23.7 Å². The zero-order valence-electron chi connectivity index (χ0n) is 38.7. The molecule has 28 heteroatoms. The Morgan fingerprint density at radius 3 is 2.10 bits per heavy atom. The topological polar surface area (TPSA) is 393 Å². The minimum atomic E-state index is -1.63. The van der Waals surface area contributed by atoms with Crippen molar-refractivity contribution in [2.24, 2.45) is 17.5 Å². The number of aromatic nitrogens is 4. The second kappa shape index (κ2) is 30.0. The minimum absolute atomic E-state index is 0.0933. The number of ether oxygens (including phenoxy) is 7. The van der Waals surface area contributed by atoms with Gasteiger partial charge in [0.05, 0.1) is 59.5 Å². The van der Waals surface area contributed by atoms with Gasteiger partial charge < -0.3 is 75.7 Å². The number of anilines is 1. The van der Waals surface area contributed by atoms with Crippen LogP contribution in [0.1, 0.15) is 39.3 Å². The number of amides is 5. The number of carbonyl (C=O) groups excluding carboxylic acids is 5. The number of hydrogen-bond acceptors (Lipinski definition) is 20. The first kappa shape index (κ1) is 56.8. The number of hydrogen-bond donors (Lipinski definition) is 10. The summed E-state index contributed by atoms with van der Waals surface area (Å²) in [6.45, 7) is 7.81. The Morgan fingerprint density at radius 1 is 0.941 bits per heavy atom. The molecule has 68 heavy (non-hydrogen) atoms. The summed E-state index contributed by atoms with van der Waals surface area (Å²) >= 11 is 0. The van der Waals surface area contributed by atoms with E-state index in [9.17, 15) is 43.8 Å². The highest BCUT2D eigenvalue weighted by Crippen LogP contribution is 2.33. The fourth-order valence-corrected chi connectivity index (χ4v) is 6.62. The van der Waals surface area contributed by atoms with Crippen molar-refractivity contribution in [2.75, 3.05) is 105 Å². The van der Waals surface area contributed by atoms with Gasteiger partial charge in [0.1, 0.15) is 37.5 Å². The van der Waals surface area contributed by atoms with Crippen LogP contribution in [0.4, 0.5) is 10.7 Å². The SMILES string of the molecule is C=CCn1c(=O)n(C2O[C@H](CO)C(O)C2OC(=O)N(C)CCNC(=O)[C@H](CCCCN)NC(=O)[C@@H](NC(=O)COCCOCCOCCOCCOCC(=O)NN)C(C)C)c2nc(N)[nH]c(=O)c21. The van der Waals surface area contributed by atoms with Crippen LogP contribution in [-0.4, -0.2) is 194 Å². The molecule has 1 saturated heterocycles. The molecule has 0 aromatic carbocycles. The molecule has 6 atom stereocenters. The number of nitrogens with zero attached hydrogens (tertiary/aromatic N) is 4. The summed E-state index contributed by atoms with van der Waals surface area (Å²) in [5.74, 6) is 2.06. The van der Waals surface area contributed by atoms with E-state index < -0.39 is 84.2 Å². The number of nitrogens with one attached hydrogen (secondary N) is 5. The monoisotopic (exact) mass is 972 g/mol. The van der Waals surface area contributed by atoms with Crippen LogP contribution in [0.15, 0.2) is 22.2 Å². The number of hydrazine groups is 1. The Kier molecular flexibility index (Phi) is 25.1. The van der Waals surface area contributed by atoms with E-state index >= 15 is 0 Å². The average Bonchev–Trinajstić information content (AvgIpc) is 3.76. The number of unbranched alkanes of at least 4 members (excludes halogenated alkanes) is 1. The molecule has 2 aromatic rings. The van der Waals surface area contributed by atoms with Crippen LogP contribution in [0.3, 0.4) is 0 Å². The fraction of sp³-hybridized carbons (Fsp3) is 0.700. The number of nitrogens with two attached hydrogens (primary N) is 3. The molecule has 1 fully saturated rings. The lowest BCUT2D eigenvalue weighted by atomic mass is 10.0. The maximum absolute atomic E-state index is 13.6. The summed E-state index contributed by atoms with van der Waals surface area (Å²) in [5, 5.41) is 29.0. The normalized spacial score (nSPS) is 17.7. The summed E-state index contributed by atoms with van der Waals surface area (Å²) in [6, 6.07) is -2.06. The van der Waals surface area contributed by atoms with E-state index in [2.05, 4.69) is 32.5 Å². The van der Waals surface area contributed by atoms with E-state index in [1.165, 1.54) is 13.1 Å². The molecule has 384 valence electrons. The highest BCUT2D eigenvalue weighted by atomic mass is 16.6. The number of nitrogen functional groups attached to an aromatic ring is 1. The molecule has 2 aromatic heterocycles. The summed E-state index contributed by atoms with van der Waals surface area (Å²) in [5.41, 5.74) is 11.4. The van der Waals surface area contributed by atoms with Gasteiger partial charge in [-0.3, -0.25) is 38.9 Å². The molecule has 28 nitrogen and oxygen atoms in total. The van der Waals surface area contributed by atoms with Gasteiger partial charge in [-0.15, -0.1) is 6.58 Å². The Morgan fingerprint density at radius 2 is 1.54 bits per heavy atom. The third-order valence-corrected chi connectivity index (χ3v) is 10.1. The summed E-state index contributed by atoms with van der Waals surface area (Å²) in [4.78, 5) is 98.0. The molecule has 0 spiro atoms. The molecule has 0 aliphatic carbocycles. The van der Waals surface area contributed by atoms with Crippen molar-refractivity contribution in [3.8, 4) is 0 Å². The predicted molar refractivity (Wildman–Crippen MR) is 240 cm³/mol. The smallest absolute Gasteiger partial charge is 0.410 e. The van der Waals surface area contributed by atoms with Crippen LogP contribution in [0.5, 0.6) is 0 Å². The molecular formula is C40H68N12O16. The molecule has 0 bridgehead atoms. The lowest BCUT2D eigenvalue weighted by molar-refractivity contribution is -0.134. The van der Waals surface area contributed by atoms with Gasteiger partial charge in [-0.2, -0.15) is 4.98 Å². The molecule has 1 aliphatic heterocycles. The number of H-pyrrole nitrogens is 1. The molecular weight excluding hydrogens is 905 g/mol. The fourth-order valence-electron chi connectivity index (χ4n) is 6.62. The van der Waals surface area contributed by atoms with Crippen LogP contribution < -0.4 is 49.9 Å². The van der Waals surface area contributed by atoms with E-state index in [0.29, 0.717) is 39.2 Å². The number of aromatic amines is 1. The molecule has 3 heterocycles. The number of carbonyl (C=O) groups is 5. The lowest BCUT2D eigenvalue weighted by Crippen LogP contribution is -2.56. The number of aliphatic hydroxyl groups excluding tert-OH is 2. The van der Waals surface area contributed by atoms with E-state index in [-0.39, 0.29) is 95.3 Å². The average molecular weight is 973 g/mol. The summed E-state index contributed by atoms with van der Waals surface area (Å²) in [6.07, 6.45) is -4.48. The quantitative estimate of drug-likeness (QED) is 0.0106. The standard InChI is InChI=1S/C40H68N12O16/c1-5-11-51-30-33(47-38(42)48-36(30)59)52(39(51)60)37-32(31(56)26(21-53)67-37)68-40(61)50(4)12-10-44-34(57)25(8-6-7-9-41)45-35(58)29(24(2)3)46-27(54)22-65-19-17-63-15-13-62-14-16-64-18-20-66-23-28(55)49-43/h5,24-26,29,31-32,37,53,56H,1,6-23,41,43H2,2-4H3,(H,44,57)(H,45,58)(H,46,54)(H,49,55)(H3,42,47,48,59)/t25-,26+,29-,31?,32?,37?/m0/s1. The predicted octanol–water partition coefficient (Wildman–Crippen LogP) is -4.71. The Labute approximate surface area is 391 Å². The van der Waals surface area contributed by atoms with Crippen LogP contribution in [0, 0.1) is 5.92 Å². The zero-order valence-corrected chi connectivity index (χ0v) is 38.7. The Balaban J connectivity index is 1.48. The highest BCUT2D eigenvalue weighted by Gasteiger charge is 2.49. The van der Waals surface area contributed by atoms with Crippen LogP contribution in [0.25, 0.3) is 11.2 Å². The van der Waals surface area contributed by atoms with Gasteiger partial charge in [-0.05, 0) is 31.7 Å². The van der Waals surface area contributed by atoms with Gasteiger partial charge in [0, 0.05) is 26.7 Å². The van der Waals surface area contributed by atoms with Gasteiger partial charge in [0.25, 0.3) is 11.5 Å². The number of rotatable bonds is 33. The van der Waals surface area contributed by atoms with Crippen molar-refractivity contribution in [3.63, 3.8) is 0 Å².